The van der Waals surface area contributed by atoms with Crippen molar-refractivity contribution in [1.82, 2.24) is 0 Å². The van der Waals surface area contributed by atoms with E-state index in [1.807, 2.05) is 21.1 Å². The van der Waals surface area contributed by atoms with Gasteiger partial charge in [0.1, 0.15) is 19.8 Å². The number of rotatable bonds is 52. The summed E-state index contributed by atoms with van der Waals surface area (Å²) in [4.78, 5) is 35.7. The van der Waals surface area contributed by atoms with Crippen molar-refractivity contribution in [3.8, 4) is 0 Å². The summed E-state index contributed by atoms with van der Waals surface area (Å²) >= 11 is 0. The number of nitrogens with zero attached hydrogens (tertiary/aromatic N) is 1. The normalized spacial score (nSPS) is 13.7. The summed E-state index contributed by atoms with van der Waals surface area (Å²) in [5.41, 5.74) is 0. The molecule has 0 aromatic carbocycles. The van der Waals surface area contributed by atoms with E-state index < -0.39 is 26.5 Å². The number of carbonyl (C=O) groups is 2. The van der Waals surface area contributed by atoms with Crippen LogP contribution in [0.1, 0.15) is 258 Å². The molecule has 2 unspecified atom stereocenters. The number of likely N-dealkylation sites (N-methyl/N-ethyl adjacent to an activating group) is 1. The van der Waals surface area contributed by atoms with Crippen LogP contribution in [0.15, 0.2) is 48.6 Å². The maximum Gasteiger partial charge on any atom is 0.472 e. The van der Waals surface area contributed by atoms with Crippen LogP contribution in [0.5, 0.6) is 0 Å². The summed E-state index contributed by atoms with van der Waals surface area (Å²) < 4.78 is 34.6. The predicted molar refractivity (Wildman–Crippen MR) is 289 cm³/mol. The van der Waals surface area contributed by atoms with Crippen LogP contribution in [-0.2, 0) is 32.7 Å². The molecule has 0 aliphatic heterocycles. The van der Waals surface area contributed by atoms with Gasteiger partial charge < -0.3 is 18.9 Å². The predicted octanol–water partition coefficient (Wildman–Crippen LogP) is 17.4. The van der Waals surface area contributed by atoms with E-state index in [2.05, 4.69) is 62.5 Å². The van der Waals surface area contributed by atoms with Gasteiger partial charge in [0.2, 0.25) is 0 Å². The van der Waals surface area contributed by atoms with Gasteiger partial charge in [0, 0.05) is 12.8 Å². The SMILES string of the molecule is CC/C=C\C/C=C\C/C=C\C/C=C\CCCCCCCCCCC(=O)OC(COC(=O)CCCCCCCCCCCCCCCCCCCCCCCCC)COP(=O)(O)OCC[N+](C)(C)C. The fraction of sp³-hybridized carbons (Fsp3) is 0.828. The number of allylic oxidation sites excluding steroid dienone is 8. The first-order valence-corrected chi connectivity index (χ1v) is 29.9. The Morgan fingerprint density at radius 2 is 0.838 bits per heavy atom. The lowest BCUT2D eigenvalue weighted by molar-refractivity contribution is -0.870. The first kappa shape index (κ1) is 66.0. The monoisotopic (exact) mass is 979 g/mol. The molecule has 0 aliphatic carbocycles. The molecule has 0 bridgehead atoms. The minimum Gasteiger partial charge on any atom is -0.462 e. The van der Waals surface area contributed by atoms with E-state index in [4.69, 9.17) is 18.5 Å². The molecule has 0 fully saturated rings. The third-order valence-electron chi connectivity index (χ3n) is 12.4. The summed E-state index contributed by atoms with van der Waals surface area (Å²) in [5.74, 6) is -0.797. The lowest BCUT2D eigenvalue weighted by Gasteiger charge is -2.24. The van der Waals surface area contributed by atoms with Gasteiger partial charge in [-0.05, 0) is 51.4 Å². The van der Waals surface area contributed by atoms with Crippen LogP contribution < -0.4 is 0 Å². The van der Waals surface area contributed by atoms with Crippen molar-refractivity contribution in [2.45, 2.75) is 264 Å². The van der Waals surface area contributed by atoms with Crippen molar-refractivity contribution in [2.75, 3.05) is 47.5 Å². The number of hydrogen-bond donors (Lipinski definition) is 1. The number of phosphoric acid groups is 1. The molecule has 0 aliphatic rings. The van der Waals surface area contributed by atoms with Crippen molar-refractivity contribution in [1.29, 1.82) is 0 Å². The molecule has 0 saturated heterocycles. The minimum absolute atomic E-state index is 0.0301. The Hall–Kier alpha value is -2.03. The number of hydrogen-bond acceptors (Lipinski definition) is 7. The third kappa shape index (κ3) is 53.3. The molecule has 0 spiro atoms. The average Bonchev–Trinajstić information content (AvgIpc) is 3.30. The standard InChI is InChI=1S/C58H108NO8P/c1-6-8-10-12-14-16-18-20-22-24-26-28-29-31-32-34-36-38-40-42-44-46-48-50-57(60)64-54-56(55-66-68(62,63)65-53-52-59(3,4)5)67-58(61)51-49-47-45-43-41-39-37-35-33-30-27-25-23-21-19-17-15-13-11-9-7-2/h9,11,15,17,21,23,27,30,56H,6-8,10,12-14,16,18-20,22,24-26,28-29,31-55H2,1-5H3/p+1/b11-9-,17-15-,23-21-,30-27-. The molecule has 10 heteroatoms. The second-order valence-corrected chi connectivity index (χ2v) is 21.8. The van der Waals surface area contributed by atoms with E-state index in [0.717, 1.165) is 70.6 Å². The number of carbonyl (C=O) groups excluding carboxylic acids is 2. The van der Waals surface area contributed by atoms with E-state index >= 15 is 0 Å². The highest BCUT2D eigenvalue weighted by atomic mass is 31.2. The van der Waals surface area contributed by atoms with Gasteiger partial charge in [-0.15, -0.1) is 0 Å². The molecule has 9 nitrogen and oxygen atoms in total. The largest absolute Gasteiger partial charge is 0.472 e. The minimum atomic E-state index is -4.39. The molecule has 68 heavy (non-hydrogen) atoms. The molecule has 0 aromatic heterocycles. The second kappa shape index (κ2) is 49.9. The number of ether oxygens (including phenoxy) is 2. The smallest absolute Gasteiger partial charge is 0.462 e. The highest BCUT2D eigenvalue weighted by Crippen LogP contribution is 2.43. The number of quaternary nitrogens is 1. The molecule has 0 heterocycles. The Morgan fingerprint density at radius 1 is 0.471 bits per heavy atom. The Kier molecular flexibility index (Phi) is 48.4. The van der Waals surface area contributed by atoms with Crippen molar-refractivity contribution >= 4 is 19.8 Å². The summed E-state index contributed by atoms with van der Waals surface area (Å²) in [5, 5.41) is 0. The van der Waals surface area contributed by atoms with E-state index in [1.165, 1.54) is 154 Å². The number of esters is 2. The molecule has 0 radical (unpaired) electrons. The average molecular weight is 979 g/mol. The first-order chi connectivity index (χ1) is 33.0. The van der Waals surface area contributed by atoms with Crippen molar-refractivity contribution < 1.29 is 42.1 Å². The van der Waals surface area contributed by atoms with Crippen LogP contribution >= 0.6 is 7.82 Å². The van der Waals surface area contributed by atoms with Crippen LogP contribution in [0, 0.1) is 0 Å². The van der Waals surface area contributed by atoms with Crippen LogP contribution in [0.3, 0.4) is 0 Å². The van der Waals surface area contributed by atoms with Crippen molar-refractivity contribution in [3.63, 3.8) is 0 Å². The molecule has 0 amide bonds. The van der Waals surface area contributed by atoms with E-state index in [0.29, 0.717) is 23.9 Å². The fourth-order valence-corrected chi connectivity index (χ4v) is 8.75. The molecule has 398 valence electrons. The van der Waals surface area contributed by atoms with E-state index in [-0.39, 0.29) is 25.6 Å². The second-order valence-electron chi connectivity index (χ2n) is 20.3. The van der Waals surface area contributed by atoms with Crippen LogP contribution in [0.4, 0.5) is 0 Å². The lowest BCUT2D eigenvalue weighted by Crippen LogP contribution is -2.37. The Bertz CT molecular complexity index is 1290. The molecule has 0 saturated carbocycles. The quantitative estimate of drug-likeness (QED) is 0.0211. The third-order valence-corrected chi connectivity index (χ3v) is 13.4. The Morgan fingerprint density at radius 3 is 1.25 bits per heavy atom. The van der Waals surface area contributed by atoms with Gasteiger partial charge in [-0.2, -0.15) is 0 Å². The highest BCUT2D eigenvalue weighted by Gasteiger charge is 2.27. The molecular weight excluding hydrogens is 870 g/mol. The molecule has 0 aromatic rings. The Balaban J connectivity index is 4.17. The van der Waals surface area contributed by atoms with Gasteiger partial charge in [-0.25, -0.2) is 4.57 Å². The summed E-state index contributed by atoms with van der Waals surface area (Å²) in [6.07, 6.45) is 61.7. The summed E-state index contributed by atoms with van der Waals surface area (Å²) in [7, 11) is 1.48. The molecule has 1 N–H and O–H groups in total. The summed E-state index contributed by atoms with van der Waals surface area (Å²) in [6.45, 7) is 4.35. The van der Waals surface area contributed by atoms with Gasteiger partial charge in [-0.1, -0.05) is 242 Å². The fourth-order valence-electron chi connectivity index (χ4n) is 8.01. The van der Waals surface area contributed by atoms with E-state index in [1.54, 1.807) is 0 Å². The Labute approximate surface area is 420 Å². The zero-order valence-electron chi connectivity index (χ0n) is 45.1. The van der Waals surface area contributed by atoms with Crippen molar-refractivity contribution in [2.24, 2.45) is 0 Å². The maximum atomic E-state index is 12.8. The topological polar surface area (TPSA) is 108 Å². The van der Waals surface area contributed by atoms with Gasteiger partial charge in [-0.3, -0.25) is 18.6 Å². The number of unbranched alkanes of at least 4 members (excludes halogenated alkanes) is 30. The zero-order valence-corrected chi connectivity index (χ0v) is 46.0. The molecule has 2 atom stereocenters. The highest BCUT2D eigenvalue weighted by molar-refractivity contribution is 7.47. The lowest BCUT2D eigenvalue weighted by atomic mass is 10.0. The van der Waals surface area contributed by atoms with Gasteiger partial charge in [0.15, 0.2) is 6.10 Å². The first-order valence-electron chi connectivity index (χ1n) is 28.4. The van der Waals surface area contributed by atoms with Crippen LogP contribution in [0.25, 0.3) is 0 Å². The van der Waals surface area contributed by atoms with Crippen LogP contribution in [0.2, 0.25) is 0 Å². The molecular formula is C58H109NO8P+. The van der Waals surface area contributed by atoms with E-state index in [9.17, 15) is 19.0 Å². The van der Waals surface area contributed by atoms with Crippen LogP contribution in [-0.4, -0.2) is 74.9 Å². The zero-order chi connectivity index (χ0) is 49.9. The van der Waals surface area contributed by atoms with Gasteiger partial charge in [0.25, 0.3) is 0 Å². The van der Waals surface area contributed by atoms with Crippen molar-refractivity contribution in [3.05, 3.63) is 48.6 Å². The van der Waals surface area contributed by atoms with Gasteiger partial charge in [0.05, 0.1) is 27.7 Å². The van der Waals surface area contributed by atoms with Gasteiger partial charge >= 0.3 is 19.8 Å². The summed E-state index contributed by atoms with van der Waals surface area (Å²) in [6, 6.07) is 0. The number of phosphoric ester groups is 1. The maximum absolute atomic E-state index is 12.8. The molecule has 0 rings (SSSR count).